The van der Waals surface area contributed by atoms with E-state index in [2.05, 4.69) is 38.9 Å². The summed E-state index contributed by atoms with van der Waals surface area (Å²) in [4.78, 5) is 13.3. The highest BCUT2D eigenvalue weighted by Gasteiger charge is 2.23. The summed E-state index contributed by atoms with van der Waals surface area (Å²) >= 11 is 0. The molecule has 17 heavy (non-hydrogen) atoms. The van der Waals surface area contributed by atoms with E-state index in [1.54, 1.807) is 6.33 Å². The maximum atomic E-state index is 4.35. The van der Waals surface area contributed by atoms with Crippen LogP contribution in [0.3, 0.4) is 0 Å². The molecule has 1 aliphatic rings. The summed E-state index contributed by atoms with van der Waals surface area (Å²) in [6.07, 6.45) is 1.62. The van der Waals surface area contributed by atoms with Gasteiger partial charge in [0.2, 0.25) is 0 Å². The van der Waals surface area contributed by atoms with Crippen molar-refractivity contribution < 1.29 is 0 Å². The van der Waals surface area contributed by atoms with Gasteiger partial charge in [-0.1, -0.05) is 6.92 Å². The molecule has 0 aliphatic carbocycles. The molecule has 0 bridgehead atoms. The molecule has 1 unspecified atom stereocenters. The fraction of sp³-hybridized carbons (Fsp3) is 0.667. The first-order valence-corrected chi connectivity index (χ1v) is 6.23. The summed E-state index contributed by atoms with van der Waals surface area (Å²) in [5, 5.41) is 3.05. The number of nitrogens with one attached hydrogen (secondary N) is 1. The summed E-state index contributed by atoms with van der Waals surface area (Å²) in [5.74, 6) is 1.90. The molecule has 2 heterocycles. The number of hydrogen-bond donors (Lipinski definition) is 1. The van der Waals surface area contributed by atoms with Gasteiger partial charge in [-0.05, 0) is 13.5 Å². The third-order valence-electron chi connectivity index (χ3n) is 3.40. The number of hydrogen-bond acceptors (Lipinski definition) is 5. The zero-order valence-electron chi connectivity index (χ0n) is 10.8. The molecule has 0 amide bonds. The van der Waals surface area contributed by atoms with Gasteiger partial charge >= 0.3 is 0 Å². The highest BCUT2D eigenvalue weighted by atomic mass is 15.3. The van der Waals surface area contributed by atoms with Crippen LogP contribution in [0.25, 0.3) is 0 Å². The Kier molecular flexibility index (Phi) is 3.78. The first-order chi connectivity index (χ1) is 8.24. The minimum absolute atomic E-state index is 0.585. The molecule has 5 nitrogen and oxygen atoms in total. The second kappa shape index (κ2) is 5.31. The average Bonchev–Trinajstić information content (AvgIpc) is 2.38. The Hall–Kier alpha value is -1.36. The van der Waals surface area contributed by atoms with Crippen LogP contribution in [0.5, 0.6) is 0 Å². The van der Waals surface area contributed by atoms with E-state index in [1.807, 2.05) is 13.1 Å². The van der Waals surface area contributed by atoms with E-state index in [9.17, 15) is 0 Å². The molecule has 2 rings (SSSR count). The van der Waals surface area contributed by atoms with E-state index in [1.165, 1.54) is 0 Å². The fourth-order valence-corrected chi connectivity index (χ4v) is 2.33. The number of likely N-dealkylation sites (N-methyl/N-ethyl adjacent to an activating group) is 1. The molecular formula is C12H21N5. The lowest BCUT2D eigenvalue weighted by atomic mass is 10.2. The van der Waals surface area contributed by atoms with Gasteiger partial charge in [-0.3, -0.25) is 4.90 Å². The van der Waals surface area contributed by atoms with Crippen molar-refractivity contribution in [2.24, 2.45) is 0 Å². The topological polar surface area (TPSA) is 44.3 Å². The summed E-state index contributed by atoms with van der Waals surface area (Å²) in [5.41, 5.74) is 0. The Morgan fingerprint density at radius 1 is 1.41 bits per heavy atom. The molecule has 1 aromatic rings. The Balaban J connectivity index is 2.08. The summed E-state index contributed by atoms with van der Waals surface area (Å²) in [6.45, 7) is 8.80. The minimum atomic E-state index is 0.585. The van der Waals surface area contributed by atoms with E-state index in [0.717, 1.165) is 37.8 Å². The van der Waals surface area contributed by atoms with Gasteiger partial charge in [-0.15, -0.1) is 0 Å². The Morgan fingerprint density at radius 2 is 2.24 bits per heavy atom. The van der Waals surface area contributed by atoms with Crippen LogP contribution in [0.1, 0.15) is 13.8 Å². The SMILES string of the molecule is CCN1CCN(c2cc(NC)ncn2)CC1C. The van der Waals surface area contributed by atoms with Gasteiger partial charge in [0.1, 0.15) is 18.0 Å². The fourth-order valence-electron chi connectivity index (χ4n) is 2.33. The van der Waals surface area contributed by atoms with Crippen LogP contribution in [-0.4, -0.2) is 54.1 Å². The standard InChI is InChI=1S/C12H21N5/c1-4-16-5-6-17(8-10(16)2)12-7-11(13-3)14-9-15-12/h7,9-10H,4-6,8H2,1-3H3,(H,13,14,15). The van der Waals surface area contributed by atoms with E-state index in [0.29, 0.717) is 6.04 Å². The van der Waals surface area contributed by atoms with E-state index in [-0.39, 0.29) is 0 Å². The first-order valence-electron chi connectivity index (χ1n) is 6.23. The Bertz CT molecular complexity index is 368. The Morgan fingerprint density at radius 3 is 2.88 bits per heavy atom. The quantitative estimate of drug-likeness (QED) is 0.848. The maximum absolute atomic E-state index is 4.35. The predicted octanol–water partition coefficient (Wildman–Crippen LogP) is 1.05. The normalized spacial score (nSPS) is 21.6. The predicted molar refractivity (Wildman–Crippen MR) is 70.5 cm³/mol. The molecule has 1 saturated heterocycles. The molecule has 1 fully saturated rings. The van der Waals surface area contributed by atoms with E-state index >= 15 is 0 Å². The van der Waals surface area contributed by atoms with Crippen LogP contribution in [0.15, 0.2) is 12.4 Å². The number of nitrogens with zero attached hydrogens (tertiary/aromatic N) is 4. The second-order valence-corrected chi connectivity index (χ2v) is 4.44. The lowest BCUT2D eigenvalue weighted by molar-refractivity contribution is 0.199. The van der Waals surface area contributed by atoms with Crippen molar-refractivity contribution in [2.75, 3.05) is 43.4 Å². The molecule has 0 radical (unpaired) electrons. The highest BCUT2D eigenvalue weighted by molar-refractivity contribution is 5.48. The monoisotopic (exact) mass is 235 g/mol. The van der Waals surface area contributed by atoms with Crippen molar-refractivity contribution in [3.8, 4) is 0 Å². The molecule has 1 aliphatic heterocycles. The van der Waals surface area contributed by atoms with E-state index in [4.69, 9.17) is 0 Å². The minimum Gasteiger partial charge on any atom is -0.373 e. The molecule has 1 atom stereocenters. The average molecular weight is 235 g/mol. The smallest absolute Gasteiger partial charge is 0.134 e. The maximum Gasteiger partial charge on any atom is 0.134 e. The molecule has 1 aromatic heterocycles. The van der Waals surface area contributed by atoms with Gasteiger partial charge < -0.3 is 10.2 Å². The van der Waals surface area contributed by atoms with Crippen molar-refractivity contribution in [3.63, 3.8) is 0 Å². The van der Waals surface area contributed by atoms with Crippen LogP contribution in [0, 0.1) is 0 Å². The van der Waals surface area contributed by atoms with Gasteiger partial charge in [-0.25, -0.2) is 9.97 Å². The van der Waals surface area contributed by atoms with Crippen molar-refractivity contribution in [3.05, 3.63) is 12.4 Å². The molecule has 1 N–H and O–H groups in total. The number of rotatable bonds is 3. The van der Waals surface area contributed by atoms with Crippen LogP contribution in [-0.2, 0) is 0 Å². The van der Waals surface area contributed by atoms with Gasteiger partial charge in [-0.2, -0.15) is 0 Å². The van der Waals surface area contributed by atoms with Gasteiger partial charge in [0, 0.05) is 38.8 Å². The summed E-state index contributed by atoms with van der Waals surface area (Å²) in [7, 11) is 1.88. The largest absolute Gasteiger partial charge is 0.373 e. The van der Waals surface area contributed by atoms with Gasteiger partial charge in [0.15, 0.2) is 0 Å². The van der Waals surface area contributed by atoms with Crippen LogP contribution < -0.4 is 10.2 Å². The molecule has 0 aromatic carbocycles. The molecular weight excluding hydrogens is 214 g/mol. The van der Waals surface area contributed by atoms with Crippen molar-refractivity contribution in [2.45, 2.75) is 19.9 Å². The molecule has 94 valence electrons. The van der Waals surface area contributed by atoms with Crippen LogP contribution >= 0.6 is 0 Å². The van der Waals surface area contributed by atoms with Crippen molar-refractivity contribution in [1.82, 2.24) is 14.9 Å². The first kappa shape index (κ1) is 12.1. The number of aromatic nitrogens is 2. The third-order valence-corrected chi connectivity index (χ3v) is 3.40. The van der Waals surface area contributed by atoms with Crippen molar-refractivity contribution in [1.29, 1.82) is 0 Å². The number of piperazine rings is 1. The Labute approximate surface area is 103 Å². The van der Waals surface area contributed by atoms with Crippen molar-refractivity contribution >= 4 is 11.6 Å². The molecule has 0 spiro atoms. The van der Waals surface area contributed by atoms with Crippen LogP contribution in [0.4, 0.5) is 11.6 Å². The van der Waals surface area contributed by atoms with Gasteiger partial charge in [0.25, 0.3) is 0 Å². The summed E-state index contributed by atoms with van der Waals surface area (Å²) < 4.78 is 0. The lowest BCUT2D eigenvalue weighted by Crippen LogP contribution is -2.52. The number of anilines is 2. The third kappa shape index (κ3) is 2.66. The second-order valence-electron chi connectivity index (χ2n) is 4.44. The molecule has 0 saturated carbocycles. The zero-order valence-corrected chi connectivity index (χ0v) is 10.8. The molecule has 5 heteroatoms. The highest BCUT2D eigenvalue weighted by Crippen LogP contribution is 2.18. The van der Waals surface area contributed by atoms with Crippen LogP contribution in [0.2, 0.25) is 0 Å². The summed E-state index contributed by atoms with van der Waals surface area (Å²) in [6, 6.07) is 2.59. The van der Waals surface area contributed by atoms with Gasteiger partial charge in [0.05, 0.1) is 0 Å². The lowest BCUT2D eigenvalue weighted by Gasteiger charge is -2.39. The van der Waals surface area contributed by atoms with E-state index < -0.39 is 0 Å². The zero-order chi connectivity index (χ0) is 12.3.